The van der Waals surface area contributed by atoms with Crippen molar-refractivity contribution in [3.05, 3.63) is 61.6 Å². The molecule has 7 heteroatoms. The van der Waals surface area contributed by atoms with Crippen LogP contribution in [0.5, 0.6) is 0 Å². The minimum atomic E-state index is -1.02. The van der Waals surface area contributed by atoms with Crippen LogP contribution in [0.2, 0.25) is 10.0 Å². The molecule has 0 saturated carbocycles. The Hall–Kier alpha value is -1.31. The summed E-state index contributed by atoms with van der Waals surface area (Å²) in [5, 5.41) is 16.4. The van der Waals surface area contributed by atoms with Crippen molar-refractivity contribution in [2.45, 2.75) is 13.0 Å². The predicted molar refractivity (Wildman–Crippen MR) is 105 cm³/mol. The van der Waals surface area contributed by atoms with Gasteiger partial charge in [-0.2, -0.15) is 5.10 Å². The van der Waals surface area contributed by atoms with E-state index >= 15 is 0 Å². The molecule has 0 aliphatic carbocycles. The Morgan fingerprint density at radius 2 is 1.88 bits per heavy atom. The second-order valence-electron chi connectivity index (χ2n) is 5.52. The summed E-state index contributed by atoms with van der Waals surface area (Å²) in [5.74, 6) is -1.31. The number of carboxylic acids is 1. The van der Waals surface area contributed by atoms with Gasteiger partial charge in [0.15, 0.2) is 5.71 Å². The Bertz CT molecular complexity index is 824. The summed E-state index contributed by atoms with van der Waals surface area (Å²) in [6.45, 7) is 1.86. The number of aliphatic carboxylic acids is 1. The number of hydrogen-bond donors (Lipinski definition) is 1. The third-order valence-corrected chi connectivity index (χ3v) is 5.23. The molecule has 2 aromatic rings. The second-order valence-corrected chi connectivity index (χ2v) is 7.61. The Morgan fingerprint density at radius 1 is 1.21 bits per heavy atom. The van der Waals surface area contributed by atoms with Gasteiger partial charge in [-0.15, -0.1) is 0 Å². The van der Waals surface area contributed by atoms with Crippen LogP contribution < -0.4 is 5.01 Å². The monoisotopic (exact) mass is 474 g/mol. The van der Waals surface area contributed by atoms with E-state index in [0.29, 0.717) is 15.7 Å². The van der Waals surface area contributed by atoms with Gasteiger partial charge in [0.1, 0.15) is 0 Å². The van der Waals surface area contributed by atoms with Crippen molar-refractivity contribution in [2.24, 2.45) is 11.0 Å². The first-order valence-corrected chi connectivity index (χ1v) is 9.03. The van der Waals surface area contributed by atoms with Crippen LogP contribution in [0.1, 0.15) is 18.5 Å². The summed E-state index contributed by atoms with van der Waals surface area (Å²) in [7, 11) is 0. The lowest BCUT2D eigenvalue weighted by Crippen LogP contribution is -2.26. The van der Waals surface area contributed by atoms with Gasteiger partial charge in [-0.05, 0) is 58.5 Å². The standard InChI is InChI=1S/C17H13Cl2IN2O2/c1-9-15(17(23)24)21-22(14-7-4-11(18)8-13(14)19)16(9)10-2-5-12(20)6-3-10/h2-9,16H,1H3,(H,23,24)/t9-,16-/m1/s1. The van der Waals surface area contributed by atoms with Crippen LogP contribution in [0.25, 0.3) is 0 Å². The fraction of sp³-hybridized carbons (Fsp3) is 0.176. The maximum absolute atomic E-state index is 11.5. The second kappa shape index (κ2) is 6.90. The molecule has 0 amide bonds. The molecule has 124 valence electrons. The Labute approximate surface area is 163 Å². The number of carbonyl (C=O) groups is 1. The summed E-state index contributed by atoms with van der Waals surface area (Å²) in [4.78, 5) is 11.5. The molecule has 0 bridgehead atoms. The summed E-state index contributed by atoms with van der Waals surface area (Å²) in [6, 6.07) is 12.8. The molecule has 0 spiro atoms. The van der Waals surface area contributed by atoms with E-state index in [1.165, 1.54) is 0 Å². The lowest BCUT2D eigenvalue weighted by Gasteiger charge is -2.27. The van der Waals surface area contributed by atoms with Gasteiger partial charge in [0.25, 0.3) is 0 Å². The smallest absolute Gasteiger partial charge is 0.352 e. The van der Waals surface area contributed by atoms with Crippen LogP contribution in [-0.4, -0.2) is 16.8 Å². The lowest BCUT2D eigenvalue weighted by atomic mass is 9.91. The van der Waals surface area contributed by atoms with Crippen molar-refractivity contribution in [3.63, 3.8) is 0 Å². The molecule has 4 nitrogen and oxygen atoms in total. The summed E-state index contributed by atoms with van der Waals surface area (Å²) in [5.41, 5.74) is 1.73. The van der Waals surface area contributed by atoms with Crippen LogP contribution in [-0.2, 0) is 4.79 Å². The van der Waals surface area contributed by atoms with Crippen molar-refractivity contribution >= 4 is 63.2 Å². The average molecular weight is 475 g/mol. The topological polar surface area (TPSA) is 52.9 Å². The molecule has 0 fully saturated rings. The van der Waals surface area contributed by atoms with Gasteiger partial charge < -0.3 is 5.11 Å². The fourth-order valence-corrected chi connectivity index (χ4v) is 3.68. The highest BCUT2D eigenvalue weighted by Gasteiger charge is 2.39. The maximum atomic E-state index is 11.5. The van der Waals surface area contributed by atoms with Crippen LogP contribution in [0.15, 0.2) is 47.6 Å². The zero-order valence-electron chi connectivity index (χ0n) is 12.6. The predicted octanol–water partition coefficient (Wildman–Crippen LogP) is 5.24. The molecule has 1 aliphatic rings. The van der Waals surface area contributed by atoms with Crippen molar-refractivity contribution in [3.8, 4) is 0 Å². The molecule has 3 rings (SSSR count). The molecular weight excluding hydrogens is 462 g/mol. The third-order valence-electron chi connectivity index (χ3n) is 3.97. The summed E-state index contributed by atoms with van der Waals surface area (Å²) >= 11 is 14.5. The van der Waals surface area contributed by atoms with Gasteiger partial charge >= 0.3 is 5.97 Å². The average Bonchev–Trinajstić information content (AvgIpc) is 2.86. The number of hydrazone groups is 1. The maximum Gasteiger partial charge on any atom is 0.352 e. The van der Waals surface area contributed by atoms with Gasteiger partial charge in [0.05, 0.1) is 16.8 Å². The molecule has 0 radical (unpaired) electrons. The van der Waals surface area contributed by atoms with Gasteiger partial charge in [-0.3, -0.25) is 5.01 Å². The number of hydrogen-bond acceptors (Lipinski definition) is 3. The molecule has 1 heterocycles. The molecule has 0 unspecified atom stereocenters. The van der Waals surface area contributed by atoms with E-state index in [1.807, 2.05) is 31.2 Å². The molecule has 1 N–H and O–H groups in total. The first kappa shape index (κ1) is 17.5. The summed E-state index contributed by atoms with van der Waals surface area (Å²) < 4.78 is 1.11. The van der Waals surface area contributed by atoms with Crippen LogP contribution in [0, 0.1) is 9.49 Å². The van der Waals surface area contributed by atoms with E-state index in [2.05, 4.69) is 27.7 Å². The minimum Gasteiger partial charge on any atom is -0.477 e. The number of nitrogens with zero attached hydrogens (tertiary/aromatic N) is 2. The fourth-order valence-electron chi connectivity index (χ4n) is 2.83. The zero-order chi connectivity index (χ0) is 17.4. The highest BCUT2D eigenvalue weighted by molar-refractivity contribution is 14.1. The van der Waals surface area contributed by atoms with E-state index in [1.54, 1.807) is 23.2 Å². The Kier molecular flexibility index (Phi) is 5.03. The van der Waals surface area contributed by atoms with E-state index in [9.17, 15) is 9.90 Å². The molecule has 2 atom stereocenters. The first-order chi connectivity index (χ1) is 11.4. The Balaban J connectivity index is 2.11. The van der Waals surface area contributed by atoms with E-state index in [-0.39, 0.29) is 17.7 Å². The quantitative estimate of drug-likeness (QED) is 0.619. The molecule has 0 saturated heterocycles. The van der Waals surface area contributed by atoms with Crippen molar-refractivity contribution in [2.75, 3.05) is 5.01 Å². The molecule has 24 heavy (non-hydrogen) atoms. The van der Waals surface area contributed by atoms with Crippen LogP contribution in [0.4, 0.5) is 5.69 Å². The lowest BCUT2D eigenvalue weighted by molar-refractivity contribution is -0.129. The normalized spacial score (nSPS) is 20.2. The number of benzene rings is 2. The van der Waals surface area contributed by atoms with Crippen LogP contribution >= 0.6 is 45.8 Å². The van der Waals surface area contributed by atoms with Crippen molar-refractivity contribution in [1.29, 1.82) is 0 Å². The van der Waals surface area contributed by atoms with Gasteiger partial charge in [-0.25, -0.2) is 4.79 Å². The van der Waals surface area contributed by atoms with E-state index < -0.39 is 5.97 Å². The largest absolute Gasteiger partial charge is 0.477 e. The van der Waals surface area contributed by atoms with E-state index in [4.69, 9.17) is 23.2 Å². The molecule has 2 aromatic carbocycles. The van der Waals surface area contributed by atoms with Gasteiger partial charge in [0, 0.05) is 14.5 Å². The minimum absolute atomic E-state index is 0.115. The molecular formula is C17H13Cl2IN2O2. The zero-order valence-corrected chi connectivity index (χ0v) is 16.2. The van der Waals surface area contributed by atoms with Crippen LogP contribution in [0.3, 0.4) is 0 Å². The van der Waals surface area contributed by atoms with Crippen molar-refractivity contribution in [1.82, 2.24) is 0 Å². The first-order valence-electron chi connectivity index (χ1n) is 7.20. The van der Waals surface area contributed by atoms with Crippen molar-refractivity contribution < 1.29 is 9.90 Å². The number of carboxylic acid groups (broad SMARTS) is 1. The highest BCUT2D eigenvalue weighted by atomic mass is 127. The highest BCUT2D eigenvalue weighted by Crippen LogP contribution is 2.42. The number of rotatable bonds is 3. The number of anilines is 1. The molecule has 1 aliphatic heterocycles. The van der Waals surface area contributed by atoms with E-state index in [0.717, 1.165) is 9.13 Å². The Morgan fingerprint density at radius 3 is 2.46 bits per heavy atom. The van der Waals surface area contributed by atoms with Gasteiger partial charge in [-0.1, -0.05) is 42.3 Å². The SMILES string of the molecule is C[C@@H]1C(C(=O)O)=NN(c2ccc(Cl)cc2Cl)[C@H]1c1ccc(I)cc1. The third kappa shape index (κ3) is 3.25. The molecule has 0 aromatic heterocycles. The summed E-state index contributed by atoms with van der Waals surface area (Å²) in [6.07, 6.45) is 0. The van der Waals surface area contributed by atoms with Gasteiger partial charge in [0.2, 0.25) is 0 Å². The number of halogens is 3.